The van der Waals surface area contributed by atoms with Crippen LogP contribution in [-0.4, -0.2) is 43.9 Å². The molecular formula is C24H26N2O5. The summed E-state index contributed by atoms with van der Waals surface area (Å²) >= 11 is 0. The Kier molecular flexibility index (Phi) is 5.93. The molecule has 2 aromatic carbocycles. The third-order valence-electron chi connectivity index (χ3n) is 5.38. The van der Waals surface area contributed by atoms with E-state index in [0.29, 0.717) is 35.2 Å². The number of aryl methyl sites for hydroxylation is 2. The Morgan fingerprint density at radius 2 is 1.87 bits per heavy atom. The van der Waals surface area contributed by atoms with Gasteiger partial charge in [-0.2, -0.15) is 0 Å². The van der Waals surface area contributed by atoms with Crippen LogP contribution in [0.1, 0.15) is 34.3 Å². The fraction of sp³-hybridized carbons (Fsp3) is 0.375. The minimum atomic E-state index is -0.315. The maximum Gasteiger partial charge on any atom is 0.265 e. The fourth-order valence-electron chi connectivity index (χ4n) is 3.58. The summed E-state index contributed by atoms with van der Waals surface area (Å²) in [6, 6.07) is 10.7. The lowest BCUT2D eigenvalue weighted by atomic mass is 10.1. The zero-order valence-electron chi connectivity index (χ0n) is 17.8. The van der Waals surface area contributed by atoms with E-state index in [2.05, 4.69) is 5.32 Å². The van der Waals surface area contributed by atoms with E-state index >= 15 is 0 Å². The summed E-state index contributed by atoms with van der Waals surface area (Å²) in [7, 11) is 0. The average molecular weight is 422 g/mol. The molecule has 0 bridgehead atoms. The number of rotatable bonds is 8. The lowest BCUT2D eigenvalue weighted by Crippen LogP contribution is -2.45. The molecule has 1 aliphatic heterocycles. The van der Waals surface area contributed by atoms with Crippen molar-refractivity contribution in [1.82, 2.24) is 5.32 Å². The zero-order chi connectivity index (χ0) is 22.0. The summed E-state index contributed by atoms with van der Waals surface area (Å²) in [6.45, 7) is 4.22. The second kappa shape index (κ2) is 8.79. The van der Waals surface area contributed by atoms with Crippen molar-refractivity contribution in [3.05, 3.63) is 53.1 Å². The average Bonchev–Trinajstić information content (AvgIpc) is 3.56. The molecule has 0 unspecified atom stereocenters. The van der Waals surface area contributed by atoms with Gasteiger partial charge in [0.15, 0.2) is 19.0 Å². The van der Waals surface area contributed by atoms with Crippen LogP contribution in [0.3, 0.4) is 0 Å². The van der Waals surface area contributed by atoms with Gasteiger partial charge in [-0.1, -0.05) is 6.07 Å². The molecule has 2 aromatic rings. The van der Waals surface area contributed by atoms with Crippen molar-refractivity contribution in [3.8, 4) is 11.5 Å². The lowest BCUT2D eigenvalue weighted by molar-refractivity contribution is -0.125. The third kappa shape index (κ3) is 5.23. The number of nitrogens with zero attached hydrogens (tertiary/aromatic N) is 1. The van der Waals surface area contributed by atoms with Crippen LogP contribution in [0.2, 0.25) is 0 Å². The van der Waals surface area contributed by atoms with Crippen LogP contribution in [0.5, 0.6) is 11.5 Å². The smallest absolute Gasteiger partial charge is 0.265 e. The van der Waals surface area contributed by atoms with Crippen molar-refractivity contribution in [2.24, 2.45) is 5.92 Å². The van der Waals surface area contributed by atoms with Crippen LogP contribution in [0.15, 0.2) is 36.4 Å². The van der Waals surface area contributed by atoms with Gasteiger partial charge in [0, 0.05) is 12.1 Å². The highest BCUT2D eigenvalue weighted by molar-refractivity contribution is 6.04. The number of ketones is 1. The summed E-state index contributed by atoms with van der Waals surface area (Å²) in [5.74, 6) is 0.905. The molecule has 0 aromatic heterocycles. The Labute approximate surface area is 181 Å². The van der Waals surface area contributed by atoms with Crippen LogP contribution in [0.25, 0.3) is 0 Å². The van der Waals surface area contributed by atoms with E-state index in [1.807, 2.05) is 32.0 Å². The number of nitrogens with one attached hydrogen (secondary N) is 1. The number of hydrogen-bond donors (Lipinski definition) is 1. The number of Topliss-reactive ketones (excluding diaryl/α,β-unsaturated/α-hetero) is 1. The van der Waals surface area contributed by atoms with Gasteiger partial charge in [0.05, 0.1) is 5.69 Å². The fourth-order valence-corrected chi connectivity index (χ4v) is 3.58. The van der Waals surface area contributed by atoms with Crippen LogP contribution >= 0.6 is 0 Å². The van der Waals surface area contributed by atoms with Gasteiger partial charge in [-0.15, -0.1) is 0 Å². The molecule has 0 saturated heterocycles. The molecule has 1 N–H and O–H groups in total. The molecule has 162 valence electrons. The molecule has 7 nitrogen and oxygen atoms in total. The predicted octanol–water partition coefficient (Wildman–Crippen LogP) is 2.82. The predicted molar refractivity (Wildman–Crippen MR) is 116 cm³/mol. The number of fused-ring (bicyclic) bond motifs is 1. The molecule has 0 atom stereocenters. The first-order chi connectivity index (χ1) is 14.9. The zero-order valence-corrected chi connectivity index (χ0v) is 17.8. The molecule has 1 fully saturated rings. The molecule has 0 radical (unpaired) electrons. The minimum absolute atomic E-state index is 0.0986. The monoisotopic (exact) mass is 422 g/mol. The second-order valence-electron chi connectivity index (χ2n) is 8.23. The molecule has 0 spiro atoms. The molecular weight excluding hydrogens is 396 g/mol. The van der Waals surface area contributed by atoms with Gasteiger partial charge in [0.2, 0.25) is 5.91 Å². The van der Waals surface area contributed by atoms with Crippen molar-refractivity contribution < 1.29 is 23.9 Å². The van der Waals surface area contributed by atoms with Crippen LogP contribution in [0, 0.1) is 19.8 Å². The van der Waals surface area contributed by atoms with Gasteiger partial charge in [0.1, 0.15) is 18.0 Å². The van der Waals surface area contributed by atoms with E-state index in [9.17, 15) is 14.4 Å². The van der Waals surface area contributed by atoms with Crippen LogP contribution in [0.4, 0.5) is 5.69 Å². The number of amides is 2. The van der Waals surface area contributed by atoms with Crippen molar-refractivity contribution >= 4 is 23.3 Å². The van der Waals surface area contributed by atoms with E-state index in [4.69, 9.17) is 9.47 Å². The topological polar surface area (TPSA) is 84.9 Å². The van der Waals surface area contributed by atoms with Gasteiger partial charge in [-0.3, -0.25) is 19.3 Å². The number of carbonyl (C=O) groups excluding carboxylic acids is 3. The van der Waals surface area contributed by atoms with E-state index in [1.54, 1.807) is 18.2 Å². The number of ether oxygens (including phenoxy) is 2. The Morgan fingerprint density at radius 3 is 2.58 bits per heavy atom. The van der Waals surface area contributed by atoms with E-state index in [0.717, 1.165) is 24.0 Å². The van der Waals surface area contributed by atoms with Crippen LogP contribution < -0.4 is 19.7 Å². The van der Waals surface area contributed by atoms with Gasteiger partial charge in [0.25, 0.3) is 5.91 Å². The minimum Gasteiger partial charge on any atom is -0.485 e. The quantitative estimate of drug-likeness (QED) is 0.662. The number of hydrogen-bond acceptors (Lipinski definition) is 5. The van der Waals surface area contributed by atoms with Gasteiger partial charge < -0.3 is 14.8 Å². The van der Waals surface area contributed by atoms with Gasteiger partial charge in [-0.25, -0.2) is 0 Å². The third-order valence-corrected chi connectivity index (χ3v) is 5.38. The number of benzene rings is 2. The number of anilines is 1. The van der Waals surface area contributed by atoms with Gasteiger partial charge in [-0.05, 0) is 74.1 Å². The Morgan fingerprint density at radius 1 is 1.13 bits per heavy atom. The number of carbonyl (C=O) groups is 3. The Hall–Kier alpha value is -3.35. The first-order valence-corrected chi connectivity index (χ1v) is 10.5. The normalized spacial score (nSPS) is 15.2. The van der Waals surface area contributed by atoms with Crippen molar-refractivity contribution in [2.45, 2.75) is 26.7 Å². The molecule has 2 amide bonds. The van der Waals surface area contributed by atoms with E-state index in [1.165, 1.54) is 4.90 Å². The highest BCUT2D eigenvalue weighted by Gasteiger charge is 2.29. The summed E-state index contributed by atoms with van der Waals surface area (Å²) in [5.41, 5.74) is 2.94. The molecule has 1 saturated carbocycles. The van der Waals surface area contributed by atoms with Crippen molar-refractivity contribution in [3.63, 3.8) is 0 Å². The van der Waals surface area contributed by atoms with E-state index < -0.39 is 0 Å². The molecule has 4 rings (SSSR count). The second-order valence-corrected chi connectivity index (χ2v) is 8.23. The largest absolute Gasteiger partial charge is 0.485 e. The molecule has 1 heterocycles. The highest BCUT2D eigenvalue weighted by atomic mass is 16.5. The molecule has 2 aliphatic rings. The maximum atomic E-state index is 12.7. The maximum absolute atomic E-state index is 12.7. The SMILES string of the molecule is Cc1cc(C)cc(OCC(=O)c2ccc3c(c2)N(CC(=O)NCC2CC2)C(=O)CO3)c1. The highest BCUT2D eigenvalue weighted by Crippen LogP contribution is 2.33. The molecule has 7 heteroatoms. The molecule has 31 heavy (non-hydrogen) atoms. The van der Waals surface area contributed by atoms with E-state index in [-0.39, 0.29) is 37.4 Å². The summed E-state index contributed by atoms with van der Waals surface area (Å²) < 4.78 is 11.2. The first kappa shape index (κ1) is 20.9. The Bertz CT molecular complexity index is 1010. The summed E-state index contributed by atoms with van der Waals surface area (Å²) in [6.07, 6.45) is 2.27. The lowest BCUT2D eigenvalue weighted by Gasteiger charge is -2.29. The standard InChI is InChI=1S/C24H26N2O5/c1-15-7-16(2)9-19(8-15)30-13-21(27)18-5-6-22-20(10-18)26(24(29)14-31-22)12-23(28)25-11-17-3-4-17/h5-10,17H,3-4,11-14H2,1-2H3,(H,25,28). The van der Waals surface area contributed by atoms with Crippen molar-refractivity contribution in [2.75, 3.05) is 31.2 Å². The van der Waals surface area contributed by atoms with Crippen molar-refractivity contribution in [1.29, 1.82) is 0 Å². The Balaban J connectivity index is 1.46. The summed E-state index contributed by atoms with van der Waals surface area (Å²) in [4.78, 5) is 38.8. The first-order valence-electron chi connectivity index (χ1n) is 10.5. The van der Waals surface area contributed by atoms with Crippen LogP contribution in [-0.2, 0) is 9.59 Å². The van der Waals surface area contributed by atoms with Gasteiger partial charge >= 0.3 is 0 Å². The summed E-state index contributed by atoms with van der Waals surface area (Å²) in [5, 5.41) is 2.87. The molecule has 1 aliphatic carbocycles.